The molecule has 1 heterocycles. The topological polar surface area (TPSA) is 68.2 Å². The van der Waals surface area contributed by atoms with Crippen LogP contribution in [0.25, 0.3) is 0 Å². The second-order valence-electron chi connectivity index (χ2n) is 6.96. The number of carbonyl (C=O) groups excluding carboxylic acids is 1. The summed E-state index contributed by atoms with van der Waals surface area (Å²) in [6.07, 6.45) is 1.76. The molecule has 150 valence electrons. The number of phenolic OH excluding ortho intramolecular Hbond substituents is 1. The van der Waals surface area contributed by atoms with Gasteiger partial charge in [0.2, 0.25) is 0 Å². The van der Waals surface area contributed by atoms with Crippen LogP contribution in [-0.4, -0.2) is 50.2 Å². The van der Waals surface area contributed by atoms with Crippen molar-refractivity contribution in [3.8, 4) is 23.0 Å². The minimum Gasteiger partial charge on any atom is -0.507 e. The van der Waals surface area contributed by atoms with Gasteiger partial charge in [-0.3, -0.25) is 9.69 Å². The van der Waals surface area contributed by atoms with E-state index in [1.165, 1.54) is 0 Å². The Morgan fingerprint density at radius 2 is 1.89 bits per heavy atom. The highest BCUT2D eigenvalue weighted by Crippen LogP contribution is 2.32. The van der Waals surface area contributed by atoms with E-state index in [1.807, 2.05) is 6.07 Å². The number of likely N-dealkylation sites (tertiary alicyclic amines) is 1. The van der Waals surface area contributed by atoms with Crippen LogP contribution < -0.4 is 14.2 Å². The van der Waals surface area contributed by atoms with Crippen molar-refractivity contribution in [2.75, 3.05) is 34.4 Å². The van der Waals surface area contributed by atoms with Crippen molar-refractivity contribution in [3.05, 3.63) is 47.5 Å². The van der Waals surface area contributed by atoms with Crippen LogP contribution in [0.3, 0.4) is 0 Å². The molecule has 2 aromatic rings. The second-order valence-corrected chi connectivity index (χ2v) is 6.96. The van der Waals surface area contributed by atoms with Crippen LogP contribution in [0.4, 0.5) is 0 Å². The monoisotopic (exact) mass is 385 g/mol. The van der Waals surface area contributed by atoms with E-state index in [9.17, 15) is 9.90 Å². The van der Waals surface area contributed by atoms with Gasteiger partial charge in [0.15, 0.2) is 5.78 Å². The zero-order valence-corrected chi connectivity index (χ0v) is 16.6. The minimum atomic E-state index is -0.118. The minimum absolute atomic E-state index is 0.0773. The lowest BCUT2D eigenvalue weighted by atomic mass is 9.89. The summed E-state index contributed by atoms with van der Waals surface area (Å²) in [5.41, 5.74) is 1.33. The van der Waals surface area contributed by atoms with Gasteiger partial charge in [-0.05, 0) is 43.7 Å². The molecular formula is C22H27NO5. The highest BCUT2D eigenvalue weighted by molar-refractivity contribution is 6.00. The lowest BCUT2D eigenvalue weighted by Crippen LogP contribution is -2.38. The molecule has 0 radical (unpaired) electrons. The summed E-state index contributed by atoms with van der Waals surface area (Å²) >= 11 is 0. The van der Waals surface area contributed by atoms with E-state index in [2.05, 4.69) is 4.90 Å². The highest BCUT2D eigenvalue weighted by atomic mass is 16.5. The van der Waals surface area contributed by atoms with Crippen LogP contribution in [0.2, 0.25) is 0 Å². The van der Waals surface area contributed by atoms with Crippen molar-refractivity contribution < 1.29 is 24.1 Å². The summed E-state index contributed by atoms with van der Waals surface area (Å²) in [6.45, 7) is 2.05. The number of Topliss-reactive ketones (excluding diaryl/α,β-unsaturated/α-hetero) is 1. The zero-order valence-electron chi connectivity index (χ0n) is 16.6. The molecule has 0 bridgehead atoms. The van der Waals surface area contributed by atoms with Crippen LogP contribution in [0, 0.1) is 5.92 Å². The zero-order chi connectivity index (χ0) is 20.1. The predicted molar refractivity (Wildman–Crippen MR) is 107 cm³/mol. The van der Waals surface area contributed by atoms with Crippen molar-refractivity contribution in [3.63, 3.8) is 0 Å². The number of phenols is 1. The van der Waals surface area contributed by atoms with E-state index in [0.29, 0.717) is 35.9 Å². The Hall–Kier alpha value is -2.73. The molecule has 1 saturated heterocycles. The molecule has 1 aliphatic heterocycles. The molecule has 1 aliphatic rings. The molecule has 0 saturated carbocycles. The lowest BCUT2D eigenvalue weighted by Gasteiger charge is -2.32. The summed E-state index contributed by atoms with van der Waals surface area (Å²) < 4.78 is 16.0. The molecule has 0 aliphatic carbocycles. The first-order chi connectivity index (χ1) is 13.6. The quantitative estimate of drug-likeness (QED) is 0.736. The van der Waals surface area contributed by atoms with Gasteiger partial charge in [-0.15, -0.1) is 0 Å². The Labute approximate surface area is 165 Å². The third-order valence-corrected chi connectivity index (χ3v) is 5.26. The van der Waals surface area contributed by atoms with Crippen LogP contribution >= 0.6 is 0 Å². The fourth-order valence-electron chi connectivity index (χ4n) is 3.76. The van der Waals surface area contributed by atoms with Crippen LogP contribution in [0.15, 0.2) is 36.4 Å². The molecule has 28 heavy (non-hydrogen) atoms. The van der Waals surface area contributed by atoms with E-state index in [0.717, 1.165) is 24.9 Å². The molecule has 2 aromatic carbocycles. The summed E-state index contributed by atoms with van der Waals surface area (Å²) in [6, 6.07) is 10.5. The molecule has 0 aromatic heterocycles. The van der Waals surface area contributed by atoms with Gasteiger partial charge in [0.1, 0.15) is 23.0 Å². The molecule has 3 rings (SSSR count). The van der Waals surface area contributed by atoms with Crippen molar-refractivity contribution in [1.29, 1.82) is 0 Å². The fraction of sp³-hybridized carbons (Fsp3) is 0.409. The average Bonchev–Trinajstić information content (AvgIpc) is 2.74. The Bertz CT molecular complexity index is 836. The molecule has 1 atom stereocenters. The first kappa shape index (κ1) is 20.0. The van der Waals surface area contributed by atoms with Gasteiger partial charge in [-0.1, -0.05) is 6.07 Å². The molecule has 0 spiro atoms. The van der Waals surface area contributed by atoms with E-state index in [-0.39, 0.29) is 17.5 Å². The number of rotatable bonds is 7. The van der Waals surface area contributed by atoms with Crippen molar-refractivity contribution in [2.45, 2.75) is 19.4 Å². The fourth-order valence-corrected chi connectivity index (χ4v) is 3.76. The Balaban J connectivity index is 1.76. The molecule has 0 amide bonds. The van der Waals surface area contributed by atoms with Gasteiger partial charge in [-0.2, -0.15) is 0 Å². The largest absolute Gasteiger partial charge is 0.507 e. The lowest BCUT2D eigenvalue weighted by molar-refractivity contribution is 0.0807. The van der Waals surface area contributed by atoms with Gasteiger partial charge in [0.25, 0.3) is 0 Å². The number of nitrogens with zero attached hydrogens (tertiary/aromatic N) is 1. The predicted octanol–water partition coefficient (Wildman–Crippen LogP) is 3.51. The van der Waals surface area contributed by atoms with E-state index in [4.69, 9.17) is 14.2 Å². The van der Waals surface area contributed by atoms with Gasteiger partial charge < -0.3 is 19.3 Å². The summed E-state index contributed by atoms with van der Waals surface area (Å²) in [5, 5.41) is 10.2. The van der Waals surface area contributed by atoms with Crippen LogP contribution in [0.1, 0.15) is 28.8 Å². The number of hydrogen-bond acceptors (Lipinski definition) is 6. The number of hydrogen-bond donors (Lipinski definition) is 1. The second kappa shape index (κ2) is 8.97. The molecule has 1 unspecified atom stereocenters. The van der Waals surface area contributed by atoms with Gasteiger partial charge in [0.05, 0.1) is 26.9 Å². The van der Waals surface area contributed by atoms with Crippen molar-refractivity contribution in [1.82, 2.24) is 4.90 Å². The summed E-state index contributed by atoms with van der Waals surface area (Å²) in [5.74, 6) is 2.02. The number of piperidine rings is 1. The highest BCUT2D eigenvalue weighted by Gasteiger charge is 2.29. The molecule has 6 nitrogen and oxygen atoms in total. The molecular weight excluding hydrogens is 358 g/mol. The number of aromatic hydroxyl groups is 1. The average molecular weight is 385 g/mol. The van der Waals surface area contributed by atoms with E-state index < -0.39 is 0 Å². The Morgan fingerprint density at radius 3 is 2.61 bits per heavy atom. The summed E-state index contributed by atoms with van der Waals surface area (Å²) in [7, 11) is 4.74. The number of ketones is 1. The van der Waals surface area contributed by atoms with E-state index in [1.54, 1.807) is 51.7 Å². The molecule has 6 heteroatoms. The normalized spacial score (nSPS) is 17.2. The number of methoxy groups -OCH3 is 3. The Morgan fingerprint density at radius 1 is 1.11 bits per heavy atom. The number of ether oxygens (including phenoxy) is 3. The summed E-state index contributed by atoms with van der Waals surface area (Å²) in [4.78, 5) is 15.3. The van der Waals surface area contributed by atoms with Gasteiger partial charge >= 0.3 is 0 Å². The maximum Gasteiger partial charge on any atom is 0.170 e. The molecule has 1 N–H and O–H groups in total. The maximum atomic E-state index is 13.1. The number of carbonyl (C=O) groups is 1. The third kappa shape index (κ3) is 4.22. The van der Waals surface area contributed by atoms with Gasteiger partial charge in [-0.25, -0.2) is 0 Å². The standard InChI is InChI=1S/C22H27NO5/c1-26-16-9-10-17(21(12-16)28-3)22(25)15-6-5-11-23(13-15)14-18-19(24)7-4-8-20(18)27-2/h4,7-10,12,15,24H,5-6,11,13-14H2,1-3H3. The van der Waals surface area contributed by atoms with E-state index >= 15 is 0 Å². The molecule has 1 fully saturated rings. The number of benzene rings is 2. The Kier molecular flexibility index (Phi) is 6.41. The van der Waals surface area contributed by atoms with Crippen LogP contribution in [-0.2, 0) is 6.54 Å². The van der Waals surface area contributed by atoms with Crippen LogP contribution in [0.5, 0.6) is 23.0 Å². The maximum absolute atomic E-state index is 13.1. The van der Waals surface area contributed by atoms with Crippen molar-refractivity contribution in [2.24, 2.45) is 5.92 Å². The smallest absolute Gasteiger partial charge is 0.170 e. The third-order valence-electron chi connectivity index (χ3n) is 5.26. The SMILES string of the molecule is COc1ccc(C(=O)C2CCCN(Cc3c(O)cccc3OC)C2)c(OC)c1. The first-order valence-electron chi connectivity index (χ1n) is 9.40. The van der Waals surface area contributed by atoms with Gasteiger partial charge in [0, 0.05) is 30.6 Å². The van der Waals surface area contributed by atoms with Crippen molar-refractivity contribution >= 4 is 5.78 Å². The first-order valence-corrected chi connectivity index (χ1v) is 9.40.